The lowest BCUT2D eigenvalue weighted by atomic mass is 10.1. The molecule has 0 atom stereocenters. The summed E-state index contributed by atoms with van der Waals surface area (Å²) in [7, 11) is 0. The van der Waals surface area contributed by atoms with Gasteiger partial charge in [0, 0.05) is 30.1 Å². The summed E-state index contributed by atoms with van der Waals surface area (Å²) in [5.74, 6) is 0.0390. The zero-order chi connectivity index (χ0) is 13.0. The van der Waals surface area contributed by atoms with Gasteiger partial charge in [0.15, 0.2) is 0 Å². The molecular formula is C14H16N2OS. The Hall–Kier alpha value is -1.68. The van der Waals surface area contributed by atoms with E-state index in [1.807, 2.05) is 31.4 Å². The minimum Gasteiger partial charge on any atom is -0.326 e. The van der Waals surface area contributed by atoms with Crippen LogP contribution in [0.5, 0.6) is 0 Å². The number of carbonyl (C=O) groups excluding carboxylic acids is 1. The van der Waals surface area contributed by atoms with E-state index in [0.29, 0.717) is 12.8 Å². The summed E-state index contributed by atoms with van der Waals surface area (Å²) in [6.45, 7) is 4.05. The van der Waals surface area contributed by atoms with Crippen molar-refractivity contribution in [3.05, 3.63) is 45.9 Å². The van der Waals surface area contributed by atoms with E-state index in [2.05, 4.69) is 16.4 Å². The first-order chi connectivity index (χ1) is 8.65. The van der Waals surface area contributed by atoms with Crippen molar-refractivity contribution in [3.8, 4) is 0 Å². The molecule has 94 valence electrons. The first kappa shape index (κ1) is 12.8. The molecule has 1 amide bonds. The van der Waals surface area contributed by atoms with Crippen molar-refractivity contribution >= 4 is 22.9 Å². The Morgan fingerprint density at radius 3 is 2.89 bits per heavy atom. The van der Waals surface area contributed by atoms with Gasteiger partial charge >= 0.3 is 0 Å². The topological polar surface area (TPSA) is 42.0 Å². The highest BCUT2D eigenvalue weighted by Gasteiger charge is 2.06. The second-order valence-electron chi connectivity index (χ2n) is 4.29. The Balaban J connectivity index is 1.91. The molecule has 1 aromatic heterocycles. The van der Waals surface area contributed by atoms with E-state index in [1.54, 1.807) is 17.5 Å². The summed E-state index contributed by atoms with van der Waals surface area (Å²) in [5, 5.41) is 5.87. The quantitative estimate of drug-likeness (QED) is 0.916. The number of amides is 1. The molecule has 0 aliphatic rings. The van der Waals surface area contributed by atoms with E-state index in [1.165, 1.54) is 5.56 Å². The molecular weight excluding hydrogens is 244 g/mol. The van der Waals surface area contributed by atoms with Crippen LogP contribution in [-0.2, 0) is 11.2 Å². The number of thiazole rings is 1. The first-order valence-electron chi connectivity index (χ1n) is 5.90. The van der Waals surface area contributed by atoms with Gasteiger partial charge in [-0.3, -0.25) is 4.79 Å². The van der Waals surface area contributed by atoms with Crippen molar-refractivity contribution in [2.45, 2.75) is 26.7 Å². The van der Waals surface area contributed by atoms with Crippen LogP contribution in [0.2, 0.25) is 0 Å². The van der Waals surface area contributed by atoms with Gasteiger partial charge in [0.05, 0.1) is 5.01 Å². The van der Waals surface area contributed by atoms with Crippen molar-refractivity contribution in [3.63, 3.8) is 0 Å². The van der Waals surface area contributed by atoms with Gasteiger partial charge in [-0.25, -0.2) is 4.98 Å². The van der Waals surface area contributed by atoms with Gasteiger partial charge in [-0.2, -0.15) is 0 Å². The molecule has 1 aromatic carbocycles. The first-order valence-corrected chi connectivity index (χ1v) is 6.78. The molecule has 0 unspecified atom stereocenters. The maximum absolute atomic E-state index is 11.8. The molecule has 4 heteroatoms. The maximum atomic E-state index is 11.8. The Morgan fingerprint density at radius 2 is 2.22 bits per heavy atom. The fourth-order valence-electron chi connectivity index (χ4n) is 1.76. The molecule has 3 nitrogen and oxygen atoms in total. The Kier molecular flexibility index (Phi) is 4.10. The third-order valence-corrected chi connectivity index (χ3v) is 3.54. The minimum atomic E-state index is 0.0390. The second kappa shape index (κ2) is 5.78. The molecule has 1 heterocycles. The minimum absolute atomic E-state index is 0.0390. The molecule has 0 saturated heterocycles. The van der Waals surface area contributed by atoms with Crippen LogP contribution < -0.4 is 5.32 Å². The van der Waals surface area contributed by atoms with Crippen LogP contribution in [0, 0.1) is 13.8 Å². The molecule has 0 saturated carbocycles. The number of carbonyl (C=O) groups is 1. The van der Waals surface area contributed by atoms with Crippen LogP contribution in [0.15, 0.2) is 29.8 Å². The molecule has 0 aliphatic heterocycles. The van der Waals surface area contributed by atoms with Crippen LogP contribution in [-0.4, -0.2) is 10.9 Å². The van der Waals surface area contributed by atoms with E-state index in [9.17, 15) is 4.79 Å². The fourth-order valence-corrected chi connectivity index (χ4v) is 2.38. The van der Waals surface area contributed by atoms with Crippen molar-refractivity contribution in [1.82, 2.24) is 4.98 Å². The Bertz CT molecular complexity index is 535. The number of rotatable bonds is 4. The molecule has 0 radical (unpaired) electrons. The van der Waals surface area contributed by atoms with Gasteiger partial charge < -0.3 is 5.32 Å². The third-order valence-electron chi connectivity index (χ3n) is 2.71. The monoisotopic (exact) mass is 260 g/mol. The average molecular weight is 260 g/mol. The predicted octanol–water partition coefficient (Wildman–Crippen LogP) is 3.33. The smallest absolute Gasteiger partial charge is 0.224 e. The van der Waals surface area contributed by atoms with Crippen LogP contribution in [0.1, 0.15) is 22.6 Å². The third kappa shape index (κ3) is 3.40. The number of nitrogens with one attached hydrogen (secondary N) is 1. The van der Waals surface area contributed by atoms with Crippen molar-refractivity contribution in [2.24, 2.45) is 0 Å². The van der Waals surface area contributed by atoms with E-state index >= 15 is 0 Å². The lowest BCUT2D eigenvalue weighted by molar-refractivity contribution is -0.116. The fraction of sp³-hybridized carbons (Fsp3) is 0.286. The number of benzene rings is 1. The summed E-state index contributed by atoms with van der Waals surface area (Å²) in [5.41, 5.74) is 3.19. The van der Waals surface area contributed by atoms with E-state index in [4.69, 9.17) is 0 Å². The zero-order valence-corrected chi connectivity index (χ0v) is 11.4. The summed E-state index contributed by atoms with van der Waals surface area (Å²) < 4.78 is 0. The Labute approximate surface area is 111 Å². The number of hydrogen-bond acceptors (Lipinski definition) is 3. The number of hydrogen-bond donors (Lipinski definition) is 1. The number of aromatic nitrogens is 1. The molecule has 0 aliphatic carbocycles. The van der Waals surface area contributed by atoms with Gasteiger partial charge in [0.1, 0.15) is 0 Å². The average Bonchev–Trinajstić information content (AvgIpc) is 2.83. The second-order valence-corrected chi connectivity index (χ2v) is 5.27. The van der Waals surface area contributed by atoms with Gasteiger partial charge in [-0.05, 0) is 25.5 Å². The van der Waals surface area contributed by atoms with E-state index in [0.717, 1.165) is 16.3 Å². The SMILES string of the molecule is Cc1ccc(NC(=O)CCc2nccs2)c(C)c1. The van der Waals surface area contributed by atoms with Crippen LogP contribution in [0.4, 0.5) is 5.69 Å². The molecule has 2 rings (SSSR count). The lowest BCUT2D eigenvalue weighted by Crippen LogP contribution is -2.13. The number of nitrogens with zero attached hydrogens (tertiary/aromatic N) is 1. The lowest BCUT2D eigenvalue weighted by Gasteiger charge is -2.08. The van der Waals surface area contributed by atoms with Gasteiger partial charge in [-0.1, -0.05) is 17.7 Å². The number of aryl methyl sites for hydroxylation is 3. The molecule has 0 fully saturated rings. The summed E-state index contributed by atoms with van der Waals surface area (Å²) in [6, 6.07) is 6.02. The summed E-state index contributed by atoms with van der Waals surface area (Å²) >= 11 is 1.59. The molecule has 2 aromatic rings. The van der Waals surface area contributed by atoms with E-state index < -0.39 is 0 Å². The summed E-state index contributed by atoms with van der Waals surface area (Å²) in [4.78, 5) is 16.0. The maximum Gasteiger partial charge on any atom is 0.224 e. The Morgan fingerprint density at radius 1 is 1.39 bits per heavy atom. The van der Waals surface area contributed by atoms with Gasteiger partial charge in [0.25, 0.3) is 0 Å². The highest BCUT2D eigenvalue weighted by Crippen LogP contribution is 2.16. The van der Waals surface area contributed by atoms with E-state index in [-0.39, 0.29) is 5.91 Å². The number of anilines is 1. The van der Waals surface area contributed by atoms with Crippen molar-refractivity contribution in [1.29, 1.82) is 0 Å². The normalized spacial score (nSPS) is 10.3. The van der Waals surface area contributed by atoms with Crippen LogP contribution >= 0.6 is 11.3 Å². The zero-order valence-electron chi connectivity index (χ0n) is 10.6. The summed E-state index contributed by atoms with van der Waals surface area (Å²) in [6.07, 6.45) is 2.94. The molecule has 18 heavy (non-hydrogen) atoms. The highest BCUT2D eigenvalue weighted by molar-refractivity contribution is 7.09. The van der Waals surface area contributed by atoms with Crippen LogP contribution in [0.25, 0.3) is 0 Å². The van der Waals surface area contributed by atoms with Crippen molar-refractivity contribution < 1.29 is 4.79 Å². The largest absolute Gasteiger partial charge is 0.326 e. The van der Waals surface area contributed by atoms with Gasteiger partial charge in [0.2, 0.25) is 5.91 Å². The molecule has 0 bridgehead atoms. The van der Waals surface area contributed by atoms with Crippen LogP contribution in [0.3, 0.4) is 0 Å². The van der Waals surface area contributed by atoms with Gasteiger partial charge in [-0.15, -0.1) is 11.3 Å². The molecule has 1 N–H and O–H groups in total. The predicted molar refractivity (Wildman–Crippen MR) is 75.0 cm³/mol. The standard InChI is InChI=1S/C14H16N2OS/c1-10-3-4-12(11(2)9-10)16-13(17)5-6-14-15-7-8-18-14/h3-4,7-9H,5-6H2,1-2H3,(H,16,17). The van der Waals surface area contributed by atoms with Crippen molar-refractivity contribution in [2.75, 3.05) is 5.32 Å². The molecule has 0 spiro atoms. The highest BCUT2D eigenvalue weighted by atomic mass is 32.1.